The predicted molar refractivity (Wildman–Crippen MR) is 204 cm³/mol. The van der Waals surface area contributed by atoms with Gasteiger partial charge >= 0.3 is 0 Å². The summed E-state index contributed by atoms with van der Waals surface area (Å²) in [7, 11) is 0. The van der Waals surface area contributed by atoms with Crippen LogP contribution in [0.5, 0.6) is 0 Å². The fourth-order valence-electron chi connectivity index (χ4n) is 8.77. The quantitative estimate of drug-likeness (QED) is 0.191. The van der Waals surface area contributed by atoms with Crippen molar-refractivity contribution in [3.63, 3.8) is 0 Å². The molecule has 0 atom stereocenters. The lowest BCUT2D eigenvalue weighted by molar-refractivity contribution is 0.666. The van der Waals surface area contributed by atoms with Crippen LogP contribution in [-0.4, -0.2) is 0 Å². The van der Waals surface area contributed by atoms with E-state index >= 15 is 0 Å². The normalized spacial score (nSPS) is 13.7. The second-order valence-electron chi connectivity index (χ2n) is 14.0. The molecule has 1 aliphatic carbocycles. The van der Waals surface area contributed by atoms with Crippen molar-refractivity contribution in [2.75, 3.05) is 0 Å². The van der Waals surface area contributed by atoms with Gasteiger partial charge in [0.15, 0.2) is 0 Å². The number of furan rings is 2. The molecule has 0 unspecified atom stereocenters. The Morgan fingerprint density at radius 2 is 1.12 bits per heavy atom. The van der Waals surface area contributed by atoms with Crippen molar-refractivity contribution < 1.29 is 8.83 Å². The van der Waals surface area contributed by atoms with E-state index in [9.17, 15) is 0 Å². The second kappa shape index (κ2) is 9.49. The molecule has 2 nitrogen and oxygen atoms in total. The molecule has 1 aliphatic rings. The molecule has 230 valence electrons. The largest absolute Gasteiger partial charge is 0.456 e. The predicted octanol–water partition coefficient (Wildman–Crippen LogP) is 13.4. The standard InChI is InChI=1S/C47H30O2/c1-47(2)39-25-29(31-15-9-17-41-43(31)37-23-18-27-10-3-6-13-33(27)46(37)49-41)20-22-36(39)44-38(24-28-11-4-5-12-32(28)45(44)47)30-19-21-35-34-14-7-8-16-40(34)48-42(35)26-30/h3-26H,1-2H3. The second-order valence-corrected chi connectivity index (χ2v) is 14.0. The van der Waals surface area contributed by atoms with E-state index in [1.165, 1.54) is 66.1 Å². The molecule has 0 amide bonds. The van der Waals surface area contributed by atoms with Gasteiger partial charge in [0, 0.05) is 32.3 Å². The van der Waals surface area contributed by atoms with Crippen LogP contribution in [0.1, 0.15) is 25.0 Å². The third-order valence-corrected chi connectivity index (χ3v) is 11.0. The van der Waals surface area contributed by atoms with Crippen LogP contribution in [0.2, 0.25) is 0 Å². The zero-order valence-electron chi connectivity index (χ0n) is 27.2. The summed E-state index contributed by atoms with van der Waals surface area (Å²) in [5, 5.41) is 9.52. The highest BCUT2D eigenvalue weighted by atomic mass is 16.3. The van der Waals surface area contributed by atoms with Gasteiger partial charge in [-0.25, -0.2) is 0 Å². The highest BCUT2D eigenvalue weighted by Crippen LogP contribution is 2.56. The SMILES string of the molecule is CC1(C)c2cc(-c3cccc4oc5c6ccccc6ccc5c34)ccc2-c2c(-c3ccc4c(c3)oc3ccccc34)cc3ccccc3c21. The third kappa shape index (κ3) is 3.61. The third-order valence-electron chi connectivity index (χ3n) is 11.0. The first-order valence-electron chi connectivity index (χ1n) is 17.0. The topological polar surface area (TPSA) is 26.3 Å². The van der Waals surface area contributed by atoms with Gasteiger partial charge in [0.25, 0.3) is 0 Å². The minimum atomic E-state index is -0.220. The monoisotopic (exact) mass is 626 g/mol. The van der Waals surface area contributed by atoms with Crippen LogP contribution in [0.4, 0.5) is 0 Å². The maximum Gasteiger partial charge on any atom is 0.143 e. The molecule has 0 saturated heterocycles. The Balaban J connectivity index is 1.15. The van der Waals surface area contributed by atoms with Crippen molar-refractivity contribution in [1.82, 2.24) is 0 Å². The van der Waals surface area contributed by atoms with Crippen LogP contribution in [0.25, 0.3) is 98.8 Å². The lowest BCUT2D eigenvalue weighted by Crippen LogP contribution is -2.15. The van der Waals surface area contributed by atoms with E-state index in [0.717, 1.165) is 43.9 Å². The lowest BCUT2D eigenvalue weighted by atomic mass is 9.78. The molecular weight excluding hydrogens is 597 g/mol. The molecule has 0 saturated carbocycles. The molecule has 0 fully saturated rings. The number of para-hydroxylation sites is 1. The molecule has 8 aromatic carbocycles. The van der Waals surface area contributed by atoms with E-state index in [1.54, 1.807) is 0 Å². The van der Waals surface area contributed by atoms with Gasteiger partial charge in [-0.15, -0.1) is 0 Å². The molecular formula is C47H30O2. The fourth-order valence-corrected chi connectivity index (χ4v) is 8.77. The van der Waals surface area contributed by atoms with Crippen molar-refractivity contribution in [2.45, 2.75) is 19.3 Å². The van der Waals surface area contributed by atoms with Crippen LogP contribution in [0, 0.1) is 0 Å². The number of benzene rings is 8. The highest BCUT2D eigenvalue weighted by Gasteiger charge is 2.39. The molecule has 2 heteroatoms. The molecule has 0 spiro atoms. The number of fused-ring (bicyclic) bond motifs is 13. The van der Waals surface area contributed by atoms with E-state index in [0.29, 0.717) is 0 Å². The van der Waals surface area contributed by atoms with Crippen molar-refractivity contribution in [3.05, 3.63) is 157 Å². The van der Waals surface area contributed by atoms with Crippen molar-refractivity contribution in [3.8, 4) is 33.4 Å². The molecule has 2 heterocycles. The molecule has 49 heavy (non-hydrogen) atoms. The maximum atomic E-state index is 6.57. The Bertz CT molecular complexity index is 3020. The van der Waals surface area contributed by atoms with Crippen LogP contribution in [0.3, 0.4) is 0 Å². The zero-order chi connectivity index (χ0) is 32.4. The molecule has 2 aromatic heterocycles. The van der Waals surface area contributed by atoms with Gasteiger partial charge in [-0.05, 0) is 103 Å². The van der Waals surface area contributed by atoms with Gasteiger partial charge in [0.05, 0.1) is 0 Å². The highest BCUT2D eigenvalue weighted by molar-refractivity contribution is 6.19. The van der Waals surface area contributed by atoms with E-state index in [1.807, 2.05) is 12.1 Å². The average molecular weight is 627 g/mol. The molecule has 11 rings (SSSR count). The number of hydrogen-bond donors (Lipinski definition) is 0. The summed E-state index contributed by atoms with van der Waals surface area (Å²) in [5.41, 5.74) is 13.6. The van der Waals surface area contributed by atoms with Gasteiger partial charge in [0.2, 0.25) is 0 Å². The summed E-state index contributed by atoms with van der Waals surface area (Å²) in [6, 6.07) is 52.7. The summed E-state index contributed by atoms with van der Waals surface area (Å²) in [6.45, 7) is 4.78. The number of hydrogen-bond acceptors (Lipinski definition) is 2. The maximum absolute atomic E-state index is 6.57. The summed E-state index contributed by atoms with van der Waals surface area (Å²) < 4.78 is 12.9. The summed E-state index contributed by atoms with van der Waals surface area (Å²) >= 11 is 0. The first-order chi connectivity index (χ1) is 24.0. The molecule has 0 radical (unpaired) electrons. The van der Waals surface area contributed by atoms with Crippen LogP contribution in [-0.2, 0) is 5.41 Å². The Kier molecular flexibility index (Phi) is 5.21. The Labute approximate surface area is 282 Å². The number of rotatable bonds is 2. The van der Waals surface area contributed by atoms with Crippen LogP contribution in [0.15, 0.2) is 154 Å². The van der Waals surface area contributed by atoms with E-state index in [-0.39, 0.29) is 5.41 Å². The molecule has 0 bridgehead atoms. The first-order valence-corrected chi connectivity index (χ1v) is 17.0. The zero-order valence-corrected chi connectivity index (χ0v) is 27.2. The fraction of sp³-hybridized carbons (Fsp3) is 0.0638. The van der Waals surface area contributed by atoms with Gasteiger partial charge in [-0.3, -0.25) is 0 Å². The van der Waals surface area contributed by atoms with Crippen molar-refractivity contribution in [1.29, 1.82) is 0 Å². The van der Waals surface area contributed by atoms with Crippen LogP contribution < -0.4 is 0 Å². The van der Waals surface area contributed by atoms with Crippen LogP contribution >= 0.6 is 0 Å². The van der Waals surface area contributed by atoms with E-state index in [4.69, 9.17) is 8.83 Å². The summed E-state index contributed by atoms with van der Waals surface area (Å²) in [4.78, 5) is 0. The van der Waals surface area contributed by atoms with Gasteiger partial charge in [-0.1, -0.05) is 117 Å². The molecule has 0 N–H and O–H groups in total. The molecule has 10 aromatic rings. The Hall–Kier alpha value is -6.12. The first kappa shape index (κ1) is 26.9. The minimum absolute atomic E-state index is 0.220. The van der Waals surface area contributed by atoms with E-state index < -0.39 is 0 Å². The van der Waals surface area contributed by atoms with Gasteiger partial charge in [0.1, 0.15) is 22.3 Å². The molecule has 0 aliphatic heterocycles. The lowest BCUT2D eigenvalue weighted by Gasteiger charge is -2.24. The van der Waals surface area contributed by atoms with Crippen molar-refractivity contribution >= 4 is 65.4 Å². The van der Waals surface area contributed by atoms with Crippen molar-refractivity contribution in [2.24, 2.45) is 0 Å². The minimum Gasteiger partial charge on any atom is -0.456 e. The summed E-state index contributed by atoms with van der Waals surface area (Å²) in [6.07, 6.45) is 0. The summed E-state index contributed by atoms with van der Waals surface area (Å²) in [5.74, 6) is 0. The smallest absolute Gasteiger partial charge is 0.143 e. The van der Waals surface area contributed by atoms with Gasteiger partial charge in [-0.2, -0.15) is 0 Å². The average Bonchev–Trinajstić information content (AvgIpc) is 3.79. The Morgan fingerprint density at radius 3 is 2.02 bits per heavy atom. The Morgan fingerprint density at radius 1 is 0.429 bits per heavy atom. The van der Waals surface area contributed by atoms with E-state index in [2.05, 4.69) is 147 Å². The van der Waals surface area contributed by atoms with Gasteiger partial charge < -0.3 is 8.83 Å².